The number of anilines is 3. The van der Waals surface area contributed by atoms with Crippen molar-refractivity contribution >= 4 is 56.7 Å². The van der Waals surface area contributed by atoms with Crippen LogP contribution in [0, 0.1) is 5.92 Å². The van der Waals surface area contributed by atoms with Crippen LogP contribution in [0.1, 0.15) is 36.0 Å². The minimum absolute atomic E-state index is 0.514. The fraction of sp³-hybridized carbons (Fsp3) is 0.0909. The second-order valence-electron chi connectivity index (χ2n) is 15.7. The van der Waals surface area contributed by atoms with Gasteiger partial charge in [-0.05, 0) is 106 Å². The molecule has 0 saturated heterocycles. The molecule has 0 saturated carbocycles. The highest BCUT2D eigenvalue weighted by atomic mass is 16.3. The molecule has 2 aliphatic rings. The molecule has 0 fully saturated rings. The predicted octanol–water partition coefficient (Wildman–Crippen LogP) is 15.0. The molecule has 0 amide bonds. The first-order valence-corrected chi connectivity index (χ1v) is 20.4. The normalized spacial score (nSPS) is 14.6. The lowest BCUT2D eigenvalue weighted by molar-refractivity contribution is 0.445. The maximum Gasteiger partial charge on any atom is 0.112 e. The zero-order valence-electron chi connectivity index (χ0n) is 32.5. The summed E-state index contributed by atoms with van der Waals surface area (Å²) in [4.78, 5) is 2.35. The summed E-state index contributed by atoms with van der Waals surface area (Å²) < 4.78 is 8.90. The number of allylic oxidation sites excluding steroid dienone is 2. The zero-order valence-corrected chi connectivity index (χ0v) is 32.5. The summed E-state index contributed by atoms with van der Waals surface area (Å²) in [6.45, 7) is 2.26. The van der Waals surface area contributed by atoms with E-state index in [1.807, 2.05) is 0 Å². The Bertz CT molecular complexity index is 2920. The van der Waals surface area contributed by atoms with Crippen LogP contribution >= 0.6 is 0 Å². The van der Waals surface area contributed by atoms with Crippen LogP contribution in [0.2, 0.25) is 0 Å². The van der Waals surface area contributed by atoms with E-state index in [1.165, 1.54) is 72.0 Å². The van der Waals surface area contributed by atoms with Gasteiger partial charge in [0.2, 0.25) is 0 Å². The lowest BCUT2D eigenvalue weighted by atomic mass is 9.92. The Hall–Kier alpha value is -7.10. The van der Waals surface area contributed by atoms with Crippen molar-refractivity contribution in [3.63, 3.8) is 0 Å². The van der Waals surface area contributed by atoms with Crippen molar-refractivity contribution in [3.05, 3.63) is 205 Å². The first-order chi connectivity index (χ1) is 28.6. The van der Waals surface area contributed by atoms with E-state index in [4.69, 9.17) is 4.42 Å². The third-order valence-electron chi connectivity index (χ3n) is 12.0. The number of hydrogen-bond donors (Lipinski definition) is 0. The monoisotopic (exact) mass is 746 g/mol. The van der Waals surface area contributed by atoms with Crippen LogP contribution in [0.15, 0.2) is 186 Å². The van der Waals surface area contributed by atoms with Gasteiger partial charge in [-0.1, -0.05) is 140 Å². The molecule has 9 aromatic rings. The number of nitrogens with zero attached hydrogens (tertiary/aromatic N) is 2. The van der Waals surface area contributed by atoms with Gasteiger partial charge in [-0.15, -0.1) is 0 Å². The molecule has 0 spiro atoms. The van der Waals surface area contributed by atoms with Crippen molar-refractivity contribution in [2.75, 3.05) is 4.90 Å². The molecule has 1 atom stereocenters. The van der Waals surface area contributed by atoms with Gasteiger partial charge in [-0.3, -0.25) is 0 Å². The number of furan rings is 1. The highest BCUT2D eigenvalue weighted by Crippen LogP contribution is 2.42. The summed E-state index contributed by atoms with van der Waals surface area (Å²) in [7, 11) is 0. The molecule has 3 nitrogen and oxygen atoms in total. The number of aryl methyl sites for hydroxylation is 1. The van der Waals surface area contributed by atoms with Crippen LogP contribution in [-0.2, 0) is 12.8 Å². The van der Waals surface area contributed by atoms with Crippen molar-refractivity contribution in [2.45, 2.75) is 26.2 Å². The van der Waals surface area contributed by atoms with Crippen LogP contribution in [0.3, 0.4) is 0 Å². The van der Waals surface area contributed by atoms with Crippen LogP contribution < -0.4 is 4.90 Å². The molecule has 2 aliphatic carbocycles. The molecule has 2 aromatic heterocycles. The van der Waals surface area contributed by atoms with E-state index in [9.17, 15) is 0 Å². The van der Waals surface area contributed by atoms with Gasteiger partial charge in [-0.2, -0.15) is 0 Å². The maximum absolute atomic E-state index is 6.41. The Labute approximate surface area is 339 Å². The van der Waals surface area contributed by atoms with E-state index in [0.717, 1.165) is 47.8 Å². The van der Waals surface area contributed by atoms with Gasteiger partial charge in [0.1, 0.15) is 11.5 Å². The summed E-state index contributed by atoms with van der Waals surface area (Å²) in [6, 6.07) is 63.8. The summed E-state index contributed by atoms with van der Waals surface area (Å²) >= 11 is 0. The number of hydrogen-bond acceptors (Lipinski definition) is 2. The Balaban J connectivity index is 0.958. The Morgan fingerprint density at radius 1 is 0.483 bits per heavy atom. The largest absolute Gasteiger partial charge is 0.465 e. The highest BCUT2D eigenvalue weighted by Gasteiger charge is 2.26. The molecule has 0 bridgehead atoms. The van der Waals surface area contributed by atoms with Gasteiger partial charge in [0, 0.05) is 57.5 Å². The molecule has 0 radical (unpaired) electrons. The van der Waals surface area contributed by atoms with E-state index in [0.29, 0.717) is 5.92 Å². The second kappa shape index (κ2) is 14.1. The minimum Gasteiger partial charge on any atom is -0.465 e. The fourth-order valence-corrected chi connectivity index (χ4v) is 9.09. The minimum atomic E-state index is 0.514. The standard InChI is InChI=1S/C55H42N2O/c1-37-16-31-49-51-36-47(30-33-54(51)58-55(49)34-37)57-52-15-9-8-14-48(52)50-35-43(23-32-53(50)57)42-21-28-46(29-22-42)56(44-24-17-40(18-25-44)38-10-4-2-5-11-38)45-26-19-41(20-27-45)39-12-6-3-7-13-39/h2-29,31-32,35-37H,30,33-34H2,1H3. The Kier molecular flexibility index (Phi) is 8.32. The molecule has 278 valence electrons. The van der Waals surface area contributed by atoms with Crippen LogP contribution in [0.4, 0.5) is 17.1 Å². The van der Waals surface area contributed by atoms with E-state index >= 15 is 0 Å². The molecule has 11 rings (SSSR count). The van der Waals surface area contributed by atoms with Gasteiger partial charge >= 0.3 is 0 Å². The molecule has 0 aliphatic heterocycles. The molecule has 0 N–H and O–H groups in total. The molecule has 1 unspecified atom stereocenters. The average molecular weight is 747 g/mol. The lowest BCUT2D eigenvalue weighted by Crippen LogP contribution is -2.09. The summed E-state index contributed by atoms with van der Waals surface area (Å²) in [5.41, 5.74) is 16.9. The van der Waals surface area contributed by atoms with Crippen molar-refractivity contribution in [1.82, 2.24) is 4.57 Å². The smallest absolute Gasteiger partial charge is 0.112 e. The summed E-state index contributed by atoms with van der Waals surface area (Å²) in [5, 5.41) is 2.54. The third kappa shape index (κ3) is 5.99. The van der Waals surface area contributed by atoms with Crippen LogP contribution in [-0.4, -0.2) is 4.57 Å². The zero-order chi connectivity index (χ0) is 38.6. The molecule has 7 aromatic carbocycles. The number of fused-ring (bicyclic) bond motifs is 6. The van der Waals surface area contributed by atoms with E-state index in [1.54, 1.807) is 0 Å². The van der Waals surface area contributed by atoms with Crippen LogP contribution in [0.25, 0.3) is 73.0 Å². The Morgan fingerprint density at radius 3 is 1.62 bits per heavy atom. The lowest BCUT2D eigenvalue weighted by Gasteiger charge is -2.26. The number of benzene rings is 7. The van der Waals surface area contributed by atoms with E-state index in [-0.39, 0.29) is 0 Å². The molecular formula is C55H42N2O. The van der Waals surface area contributed by atoms with Crippen molar-refractivity contribution in [1.29, 1.82) is 0 Å². The van der Waals surface area contributed by atoms with E-state index < -0.39 is 0 Å². The molecule has 3 heteroatoms. The molecule has 58 heavy (non-hydrogen) atoms. The highest BCUT2D eigenvalue weighted by molar-refractivity contribution is 6.12. The maximum atomic E-state index is 6.41. The predicted molar refractivity (Wildman–Crippen MR) is 244 cm³/mol. The fourth-order valence-electron chi connectivity index (χ4n) is 9.09. The van der Waals surface area contributed by atoms with Gasteiger partial charge in [0.15, 0.2) is 0 Å². The first-order valence-electron chi connectivity index (χ1n) is 20.4. The number of rotatable bonds is 7. The quantitative estimate of drug-likeness (QED) is 0.162. The van der Waals surface area contributed by atoms with Gasteiger partial charge in [-0.25, -0.2) is 0 Å². The SMILES string of the molecule is CC1C=Cc2c(oc3c2C=C(n2c4ccccc4c4cc(-c5ccc(N(c6ccc(-c7ccccc7)cc6)c6ccc(-c7ccccc7)cc6)cc5)ccc42)CC3)C1. The van der Waals surface area contributed by atoms with Gasteiger partial charge in [0.05, 0.1) is 11.0 Å². The number of para-hydroxylation sites is 1. The summed E-state index contributed by atoms with van der Waals surface area (Å²) in [6.07, 6.45) is 9.81. The molecule has 2 heterocycles. The second-order valence-corrected chi connectivity index (χ2v) is 15.7. The van der Waals surface area contributed by atoms with Gasteiger partial charge in [0.25, 0.3) is 0 Å². The van der Waals surface area contributed by atoms with Crippen molar-refractivity contribution < 1.29 is 4.42 Å². The van der Waals surface area contributed by atoms with Gasteiger partial charge < -0.3 is 13.9 Å². The summed E-state index contributed by atoms with van der Waals surface area (Å²) in [5.74, 6) is 2.78. The average Bonchev–Trinajstić information content (AvgIpc) is 3.82. The van der Waals surface area contributed by atoms with Crippen molar-refractivity contribution in [3.8, 4) is 33.4 Å². The third-order valence-corrected chi connectivity index (χ3v) is 12.0. The van der Waals surface area contributed by atoms with E-state index in [2.05, 4.69) is 211 Å². The molecular weight excluding hydrogens is 705 g/mol. The van der Waals surface area contributed by atoms with Crippen LogP contribution in [0.5, 0.6) is 0 Å². The number of aromatic nitrogens is 1. The topological polar surface area (TPSA) is 21.3 Å². The van der Waals surface area contributed by atoms with Crippen molar-refractivity contribution in [2.24, 2.45) is 5.92 Å². The Morgan fingerprint density at radius 2 is 1.00 bits per heavy atom. The first kappa shape index (κ1) is 34.2.